The second kappa shape index (κ2) is 13.5. The van der Waals surface area contributed by atoms with Crippen LogP contribution in [0.25, 0.3) is 22.4 Å². The van der Waals surface area contributed by atoms with E-state index in [2.05, 4.69) is 32.4 Å². The number of hydrogen-bond donors (Lipinski definition) is 1. The molecule has 1 saturated heterocycles. The molecule has 1 aromatic carbocycles. The molecule has 0 spiro atoms. The van der Waals surface area contributed by atoms with Gasteiger partial charge in [-0.3, -0.25) is 9.59 Å². The first-order chi connectivity index (χ1) is 18.5. The van der Waals surface area contributed by atoms with Crippen molar-refractivity contribution in [3.05, 3.63) is 36.2 Å². The minimum absolute atomic E-state index is 0.0399. The number of carbonyl (C=O) groups excluding carboxylic acids is 2. The predicted molar refractivity (Wildman–Crippen MR) is 146 cm³/mol. The monoisotopic (exact) mass is 521 g/mol. The molecule has 1 aliphatic heterocycles. The van der Waals surface area contributed by atoms with E-state index in [4.69, 9.17) is 9.15 Å². The molecule has 1 atom stereocenters. The zero-order chi connectivity index (χ0) is 26.9. The summed E-state index contributed by atoms with van der Waals surface area (Å²) in [6.45, 7) is 4.21. The number of hydrogen-bond acceptors (Lipinski definition) is 8. The topological polar surface area (TPSA) is 110 Å². The molecule has 9 nitrogen and oxygen atoms in total. The van der Waals surface area contributed by atoms with Crippen molar-refractivity contribution < 1.29 is 18.7 Å². The number of rotatable bonds is 13. The number of fused-ring (bicyclic) bond motifs is 1. The summed E-state index contributed by atoms with van der Waals surface area (Å²) in [5, 5.41) is 12.8. The van der Waals surface area contributed by atoms with E-state index in [0.29, 0.717) is 48.4 Å². The summed E-state index contributed by atoms with van der Waals surface area (Å²) >= 11 is 0. The van der Waals surface area contributed by atoms with Gasteiger partial charge < -0.3 is 19.4 Å². The number of para-hydroxylation sites is 1. The largest absolute Gasteiger partial charge is 0.480 e. The Bertz CT molecular complexity index is 1220. The number of aromatic nitrogens is 3. The van der Waals surface area contributed by atoms with Gasteiger partial charge in [-0.05, 0) is 58.0 Å². The van der Waals surface area contributed by atoms with E-state index in [1.807, 2.05) is 37.3 Å². The number of unbranched alkanes of at least 4 members (excludes halogenated alkanes) is 2. The zero-order valence-electron chi connectivity index (χ0n) is 22.7. The minimum atomic E-state index is -0.118. The van der Waals surface area contributed by atoms with E-state index >= 15 is 0 Å². The van der Waals surface area contributed by atoms with Crippen LogP contribution in [0.5, 0.6) is 5.88 Å². The van der Waals surface area contributed by atoms with Gasteiger partial charge in [-0.2, -0.15) is 0 Å². The van der Waals surface area contributed by atoms with Crippen LogP contribution < -0.4 is 10.1 Å². The lowest BCUT2D eigenvalue weighted by Gasteiger charge is -2.28. The number of pyridine rings is 1. The molecule has 1 fully saturated rings. The molecule has 1 N–H and O–H groups in total. The molecule has 0 aliphatic carbocycles. The summed E-state index contributed by atoms with van der Waals surface area (Å²) in [5.41, 5.74) is 1.46. The highest BCUT2D eigenvalue weighted by Crippen LogP contribution is 2.32. The van der Waals surface area contributed by atoms with Crippen molar-refractivity contribution in [3.63, 3.8) is 0 Å². The molecule has 204 valence electrons. The van der Waals surface area contributed by atoms with Crippen LogP contribution in [0.3, 0.4) is 0 Å². The number of ether oxygens (including phenoxy) is 1. The van der Waals surface area contributed by atoms with Crippen LogP contribution >= 0.6 is 0 Å². The van der Waals surface area contributed by atoms with Crippen molar-refractivity contribution in [3.8, 4) is 17.3 Å². The van der Waals surface area contributed by atoms with E-state index in [0.717, 1.165) is 62.5 Å². The third kappa shape index (κ3) is 7.16. The molecule has 0 radical (unpaired) electrons. The van der Waals surface area contributed by atoms with Gasteiger partial charge in [0.05, 0.1) is 18.5 Å². The summed E-state index contributed by atoms with van der Waals surface area (Å²) in [7, 11) is 3.66. The van der Waals surface area contributed by atoms with Gasteiger partial charge >= 0.3 is 0 Å². The Morgan fingerprint density at radius 2 is 1.95 bits per heavy atom. The summed E-state index contributed by atoms with van der Waals surface area (Å²) in [6, 6.07) is 9.74. The third-order valence-electron chi connectivity index (χ3n) is 7.42. The molecule has 1 aliphatic rings. The number of methoxy groups -OCH3 is 1. The third-order valence-corrected chi connectivity index (χ3v) is 7.42. The average molecular weight is 522 g/mol. The maximum Gasteiger partial charge on any atom is 0.253 e. The number of ketones is 1. The van der Waals surface area contributed by atoms with E-state index in [1.165, 1.54) is 0 Å². The number of nitrogens with one attached hydrogen (secondary N) is 1. The predicted octanol–water partition coefficient (Wildman–Crippen LogP) is 4.76. The lowest BCUT2D eigenvalue weighted by atomic mass is 9.95. The van der Waals surface area contributed by atoms with Gasteiger partial charge in [0.15, 0.2) is 0 Å². The van der Waals surface area contributed by atoms with Gasteiger partial charge in [0, 0.05) is 30.7 Å². The van der Waals surface area contributed by atoms with Crippen molar-refractivity contribution >= 4 is 22.6 Å². The summed E-state index contributed by atoms with van der Waals surface area (Å²) in [5.74, 6) is 1.57. The Hall–Kier alpha value is -3.33. The lowest BCUT2D eigenvalue weighted by Crippen LogP contribution is -2.40. The standard InChI is InChI=1S/C29H39N5O4/c1-4-23(35)12-7-5-6-11-22(19-30-26(36)20-14-16-34(2)17-15-20)27-32-33-29(38-27)24-18-21-10-8-9-13-25(21)31-28(24)37-3/h8-10,13,18,20,22H,4-7,11-12,14-17,19H2,1-3H3,(H,30,36). The van der Waals surface area contributed by atoms with Crippen LogP contribution in [0.1, 0.15) is 70.1 Å². The molecular formula is C29H39N5O4. The Morgan fingerprint density at radius 1 is 1.16 bits per heavy atom. The molecule has 0 bridgehead atoms. The fourth-order valence-electron chi connectivity index (χ4n) is 4.93. The van der Waals surface area contributed by atoms with Gasteiger partial charge in [0.1, 0.15) is 11.3 Å². The second-order valence-electron chi connectivity index (χ2n) is 10.2. The first-order valence-electron chi connectivity index (χ1n) is 13.7. The number of carbonyl (C=O) groups is 2. The van der Waals surface area contributed by atoms with Gasteiger partial charge in [-0.15, -0.1) is 10.2 Å². The molecule has 4 rings (SSSR count). The first-order valence-corrected chi connectivity index (χ1v) is 13.7. The highest BCUT2D eigenvalue weighted by molar-refractivity contribution is 5.84. The highest BCUT2D eigenvalue weighted by atomic mass is 16.5. The van der Waals surface area contributed by atoms with E-state index in [1.54, 1.807) is 7.11 Å². The summed E-state index contributed by atoms with van der Waals surface area (Å²) in [4.78, 5) is 31.4. The van der Waals surface area contributed by atoms with Gasteiger partial charge in [0.25, 0.3) is 5.89 Å². The highest BCUT2D eigenvalue weighted by Gasteiger charge is 2.26. The lowest BCUT2D eigenvalue weighted by molar-refractivity contribution is -0.126. The Morgan fingerprint density at radius 3 is 2.71 bits per heavy atom. The zero-order valence-corrected chi connectivity index (χ0v) is 22.7. The summed E-state index contributed by atoms with van der Waals surface area (Å²) in [6.07, 6.45) is 6.45. The molecule has 1 amide bonds. The van der Waals surface area contributed by atoms with Crippen molar-refractivity contribution in [2.75, 3.05) is 33.8 Å². The van der Waals surface area contributed by atoms with E-state index in [-0.39, 0.29) is 17.7 Å². The fraction of sp³-hybridized carbons (Fsp3) is 0.552. The number of piperidine rings is 1. The normalized spacial score (nSPS) is 15.4. The Kier molecular flexibility index (Phi) is 9.81. The van der Waals surface area contributed by atoms with Crippen LogP contribution in [0.2, 0.25) is 0 Å². The van der Waals surface area contributed by atoms with Crippen LogP contribution in [-0.4, -0.2) is 65.6 Å². The molecule has 2 aromatic heterocycles. The minimum Gasteiger partial charge on any atom is -0.480 e. The van der Waals surface area contributed by atoms with Crippen LogP contribution in [0.15, 0.2) is 34.7 Å². The van der Waals surface area contributed by atoms with Crippen molar-refractivity contribution in [1.82, 2.24) is 25.4 Å². The molecule has 3 aromatic rings. The Labute approximate surface area is 224 Å². The van der Waals surface area contributed by atoms with Crippen molar-refractivity contribution in [2.24, 2.45) is 5.92 Å². The molecule has 0 saturated carbocycles. The van der Waals surface area contributed by atoms with Gasteiger partial charge in [0.2, 0.25) is 17.7 Å². The smallest absolute Gasteiger partial charge is 0.253 e. The maximum atomic E-state index is 12.9. The molecule has 1 unspecified atom stereocenters. The molecular weight excluding hydrogens is 482 g/mol. The fourth-order valence-corrected chi connectivity index (χ4v) is 4.93. The van der Waals surface area contributed by atoms with Crippen LogP contribution in [0, 0.1) is 5.92 Å². The number of benzene rings is 1. The van der Waals surface area contributed by atoms with Gasteiger partial charge in [-0.1, -0.05) is 38.0 Å². The number of amides is 1. The molecule has 3 heterocycles. The quantitative estimate of drug-likeness (QED) is 0.321. The first kappa shape index (κ1) is 27.7. The van der Waals surface area contributed by atoms with Crippen molar-refractivity contribution in [2.45, 2.75) is 64.2 Å². The molecule has 9 heteroatoms. The van der Waals surface area contributed by atoms with E-state index < -0.39 is 0 Å². The number of likely N-dealkylation sites (tertiary alicyclic amines) is 1. The molecule has 38 heavy (non-hydrogen) atoms. The summed E-state index contributed by atoms with van der Waals surface area (Å²) < 4.78 is 11.7. The van der Waals surface area contributed by atoms with Crippen LogP contribution in [0.4, 0.5) is 0 Å². The van der Waals surface area contributed by atoms with Crippen molar-refractivity contribution in [1.29, 1.82) is 0 Å². The van der Waals surface area contributed by atoms with Crippen LogP contribution in [-0.2, 0) is 9.59 Å². The number of Topliss-reactive ketones (excluding diaryl/α,β-unsaturated/α-hetero) is 1. The number of nitrogens with zero attached hydrogens (tertiary/aromatic N) is 4. The second-order valence-corrected chi connectivity index (χ2v) is 10.2. The SMILES string of the molecule is CCC(=O)CCCCCC(CNC(=O)C1CCN(C)CC1)c1nnc(-c2cc3ccccc3nc2OC)o1. The Balaban J connectivity index is 1.47. The average Bonchev–Trinajstić information content (AvgIpc) is 3.43. The van der Waals surface area contributed by atoms with Gasteiger partial charge in [-0.25, -0.2) is 4.98 Å². The van der Waals surface area contributed by atoms with E-state index in [9.17, 15) is 9.59 Å². The maximum absolute atomic E-state index is 12.9.